The highest BCUT2D eigenvalue weighted by Gasteiger charge is 2.30. The molecule has 1 aromatic carbocycles. The van der Waals surface area contributed by atoms with Crippen LogP contribution < -0.4 is 0 Å². The van der Waals surface area contributed by atoms with Crippen molar-refractivity contribution in [3.8, 4) is 0 Å². The number of hydrogen-bond acceptors (Lipinski definition) is 2. The molecule has 0 heterocycles. The van der Waals surface area contributed by atoms with Crippen LogP contribution in [0.5, 0.6) is 0 Å². The van der Waals surface area contributed by atoms with Gasteiger partial charge in [-0.3, -0.25) is 9.59 Å². The normalized spacial score (nSPS) is 17.6. The van der Waals surface area contributed by atoms with E-state index in [9.17, 15) is 9.59 Å². The van der Waals surface area contributed by atoms with E-state index in [-0.39, 0.29) is 17.1 Å². The zero-order valence-corrected chi connectivity index (χ0v) is 13.5. The van der Waals surface area contributed by atoms with Crippen LogP contribution in [0.15, 0.2) is 40.5 Å². The Kier molecular flexibility index (Phi) is 4.14. The predicted octanol–water partition coefficient (Wildman–Crippen LogP) is 3.79. The summed E-state index contributed by atoms with van der Waals surface area (Å²) < 4.78 is 0.763. The molecule has 0 aliphatic heterocycles. The first kappa shape index (κ1) is 15.0. The summed E-state index contributed by atoms with van der Waals surface area (Å²) in [5.74, 6) is -0.0164. The van der Waals surface area contributed by atoms with Crippen molar-refractivity contribution in [3.63, 3.8) is 0 Å². The largest absolute Gasteiger partial charge is 0.315 e. The molecule has 0 atom stereocenters. The van der Waals surface area contributed by atoms with Crippen molar-refractivity contribution < 1.29 is 9.59 Å². The molecule has 0 N–H and O–H groups in total. The third-order valence-electron chi connectivity index (χ3n) is 3.48. The summed E-state index contributed by atoms with van der Waals surface area (Å²) in [6.45, 7) is 4.10. The molecule has 0 radical (unpaired) electrons. The first-order valence-electron chi connectivity index (χ1n) is 6.56. The van der Waals surface area contributed by atoms with Gasteiger partial charge in [0.15, 0.2) is 5.78 Å². The van der Waals surface area contributed by atoms with E-state index in [0.717, 1.165) is 16.6 Å². The summed E-state index contributed by atoms with van der Waals surface area (Å²) in [7, 11) is 1.72. The van der Waals surface area contributed by atoms with Crippen LogP contribution in [0.3, 0.4) is 0 Å². The molecule has 2 rings (SSSR count). The quantitative estimate of drug-likeness (QED) is 0.824. The van der Waals surface area contributed by atoms with Crippen LogP contribution in [-0.4, -0.2) is 23.6 Å². The van der Waals surface area contributed by atoms with Crippen molar-refractivity contribution in [2.75, 3.05) is 7.05 Å². The molecule has 0 bridgehead atoms. The average Bonchev–Trinajstić information content (AvgIpc) is 2.35. The van der Waals surface area contributed by atoms with Crippen molar-refractivity contribution in [2.24, 2.45) is 5.41 Å². The molecule has 20 heavy (non-hydrogen) atoms. The molecule has 3 nitrogen and oxygen atoms in total. The van der Waals surface area contributed by atoms with Gasteiger partial charge in [0.1, 0.15) is 0 Å². The van der Waals surface area contributed by atoms with Crippen LogP contribution in [0.1, 0.15) is 37.0 Å². The molecular formula is C16H18BrNO2. The lowest BCUT2D eigenvalue weighted by molar-refractivity contribution is -0.117. The van der Waals surface area contributed by atoms with Crippen LogP contribution in [0.25, 0.3) is 0 Å². The first-order valence-corrected chi connectivity index (χ1v) is 7.35. The lowest BCUT2D eigenvalue weighted by atomic mass is 9.78. The molecule has 1 aliphatic carbocycles. The molecule has 0 spiro atoms. The maximum atomic E-state index is 12.5. The van der Waals surface area contributed by atoms with Gasteiger partial charge in [0.05, 0.1) is 5.56 Å². The van der Waals surface area contributed by atoms with Gasteiger partial charge in [0.2, 0.25) is 0 Å². The van der Waals surface area contributed by atoms with E-state index in [1.807, 2.05) is 18.2 Å². The topological polar surface area (TPSA) is 37.4 Å². The van der Waals surface area contributed by atoms with Crippen LogP contribution in [0.4, 0.5) is 0 Å². The van der Waals surface area contributed by atoms with Crippen LogP contribution in [0.2, 0.25) is 0 Å². The number of rotatable bonds is 2. The number of carbonyl (C=O) groups excluding carboxylic acids is 2. The average molecular weight is 336 g/mol. The minimum atomic E-state index is -0.103. The highest BCUT2D eigenvalue weighted by molar-refractivity contribution is 9.10. The Bertz CT molecular complexity index is 590. The SMILES string of the molecule is CN(C(=O)c1ccccc1Br)C1=CC(=O)CC(C)(C)C1. The maximum absolute atomic E-state index is 12.5. The summed E-state index contributed by atoms with van der Waals surface area (Å²) >= 11 is 3.39. The second-order valence-electron chi connectivity index (χ2n) is 5.96. The Morgan fingerprint density at radius 3 is 2.50 bits per heavy atom. The van der Waals surface area contributed by atoms with E-state index in [2.05, 4.69) is 29.8 Å². The lowest BCUT2D eigenvalue weighted by Crippen LogP contribution is -2.33. The second-order valence-corrected chi connectivity index (χ2v) is 6.82. The van der Waals surface area contributed by atoms with Gasteiger partial charge in [-0.25, -0.2) is 0 Å². The van der Waals surface area contributed by atoms with Crippen molar-refractivity contribution in [2.45, 2.75) is 26.7 Å². The summed E-state index contributed by atoms with van der Waals surface area (Å²) in [5.41, 5.74) is 1.29. The second kappa shape index (κ2) is 5.52. The van der Waals surface area contributed by atoms with E-state index in [1.54, 1.807) is 24.1 Å². The van der Waals surface area contributed by atoms with E-state index in [4.69, 9.17) is 0 Å². The minimum Gasteiger partial charge on any atom is -0.315 e. The molecule has 0 saturated heterocycles. The first-order chi connectivity index (χ1) is 9.30. The van der Waals surface area contributed by atoms with Crippen molar-refractivity contribution in [3.05, 3.63) is 46.1 Å². The van der Waals surface area contributed by atoms with Gasteiger partial charge in [-0.1, -0.05) is 26.0 Å². The molecule has 1 aromatic rings. The Morgan fingerprint density at radius 2 is 1.90 bits per heavy atom. The smallest absolute Gasteiger partial charge is 0.258 e. The number of carbonyl (C=O) groups is 2. The predicted molar refractivity (Wildman–Crippen MR) is 82.3 cm³/mol. The van der Waals surface area contributed by atoms with Gasteiger partial charge in [0.25, 0.3) is 5.91 Å². The van der Waals surface area contributed by atoms with Crippen molar-refractivity contribution >= 4 is 27.6 Å². The Balaban J connectivity index is 2.28. The highest BCUT2D eigenvalue weighted by atomic mass is 79.9. The van der Waals surface area contributed by atoms with Gasteiger partial charge < -0.3 is 4.90 Å². The number of hydrogen-bond donors (Lipinski definition) is 0. The standard InChI is InChI=1S/C16H18BrNO2/c1-16(2)9-11(8-12(19)10-16)18(3)15(20)13-6-4-5-7-14(13)17/h4-8H,9-10H2,1-3H3. The van der Waals surface area contributed by atoms with Gasteiger partial charge in [-0.05, 0) is 39.9 Å². The molecule has 0 fully saturated rings. The fraction of sp³-hybridized carbons (Fsp3) is 0.375. The van der Waals surface area contributed by atoms with Crippen molar-refractivity contribution in [1.82, 2.24) is 4.90 Å². The zero-order valence-electron chi connectivity index (χ0n) is 11.9. The van der Waals surface area contributed by atoms with Crippen LogP contribution in [0, 0.1) is 5.41 Å². The van der Waals surface area contributed by atoms with Gasteiger partial charge in [-0.15, -0.1) is 0 Å². The number of benzene rings is 1. The zero-order chi connectivity index (χ0) is 14.9. The van der Waals surface area contributed by atoms with Crippen LogP contribution in [-0.2, 0) is 4.79 Å². The molecule has 4 heteroatoms. The van der Waals surface area contributed by atoms with Gasteiger partial charge >= 0.3 is 0 Å². The Labute approximate surface area is 127 Å². The third kappa shape index (κ3) is 3.18. The fourth-order valence-electron chi connectivity index (χ4n) is 2.47. The summed E-state index contributed by atoms with van der Waals surface area (Å²) in [6, 6.07) is 7.31. The molecule has 1 aliphatic rings. The number of ketones is 1. The van der Waals surface area contributed by atoms with E-state index >= 15 is 0 Å². The Hall–Kier alpha value is -1.42. The Morgan fingerprint density at radius 1 is 1.25 bits per heavy atom. The van der Waals surface area contributed by atoms with E-state index in [0.29, 0.717) is 12.0 Å². The fourth-order valence-corrected chi connectivity index (χ4v) is 2.93. The van der Waals surface area contributed by atoms with E-state index in [1.165, 1.54) is 0 Å². The number of allylic oxidation sites excluding steroid dienone is 2. The van der Waals surface area contributed by atoms with E-state index < -0.39 is 0 Å². The molecule has 0 aromatic heterocycles. The third-order valence-corrected chi connectivity index (χ3v) is 4.17. The molecular weight excluding hydrogens is 318 g/mol. The monoisotopic (exact) mass is 335 g/mol. The number of halogens is 1. The summed E-state index contributed by atoms with van der Waals surface area (Å²) in [6.07, 6.45) is 2.86. The molecule has 0 unspecified atom stereocenters. The van der Waals surface area contributed by atoms with Crippen molar-refractivity contribution in [1.29, 1.82) is 0 Å². The van der Waals surface area contributed by atoms with Crippen LogP contribution >= 0.6 is 15.9 Å². The molecule has 1 amide bonds. The molecule has 0 saturated carbocycles. The lowest BCUT2D eigenvalue weighted by Gasteiger charge is -2.32. The van der Waals surface area contributed by atoms with Gasteiger partial charge in [0, 0.05) is 29.7 Å². The summed E-state index contributed by atoms with van der Waals surface area (Å²) in [5, 5.41) is 0. The highest BCUT2D eigenvalue weighted by Crippen LogP contribution is 2.35. The summed E-state index contributed by atoms with van der Waals surface area (Å²) in [4.78, 5) is 25.9. The maximum Gasteiger partial charge on any atom is 0.258 e. The number of amides is 1. The van der Waals surface area contributed by atoms with Gasteiger partial charge in [-0.2, -0.15) is 0 Å². The minimum absolute atomic E-state index is 0.0861. The number of nitrogens with zero attached hydrogens (tertiary/aromatic N) is 1. The molecule has 106 valence electrons.